The molecule has 6 heteroatoms. The van der Waals surface area contributed by atoms with Gasteiger partial charge in [0.05, 0.1) is 11.9 Å². The molecule has 4 aliphatic rings. The molecule has 0 saturated carbocycles. The summed E-state index contributed by atoms with van der Waals surface area (Å²) in [6.45, 7) is 4.71. The van der Waals surface area contributed by atoms with Crippen LogP contribution in [0.4, 0.5) is 22.9 Å². The molecular formula is C26H24N6. The van der Waals surface area contributed by atoms with E-state index in [1.807, 2.05) is 6.20 Å². The Morgan fingerprint density at radius 1 is 0.875 bits per heavy atom. The van der Waals surface area contributed by atoms with E-state index in [2.05, 4.69) is 105 Å². The highest BCUT2D eigenvalue weighted by molar-refractivity contribution is 5.91. The molecule has 0 radical (unpaired) electrons. The monoisotopic (exact) mass is 420 g/mol. The molecule has 0 spiro atoms. The molecule has 7 rings (SSSR count). The van der Waals surface area contributed by atoms with Crippen molar-refractivity contribution in [3.63, 3.8) is 0 Å². The Morgan fingerprint density at radius 2 is 1.66 bits per heavy atom. The molecule has 0 saturated heterocycles. The SMILES string of the molecule is C=C1c2ccccc2N2c3cncnc3N(C)C2C2C1c1ccccc1N1C=CN(C)C21. The van der Waals surface area contributed by atoms with Crippen LogP contribution in [0.5, 0.6) is 0 Å². The topological polar surface area (TPSA) is 38.7 Å². The van der Waals surface area contributed by atoms with E-state index in [0.29, 0.717) is 0 Å². The molecule has 3 aromatic rings. The summed E-state index contributed by atoms with van der Waals surface area (Å²) in [7, 11) is 4.34. The lowest BCUT2D eigenvalue weighted by atomic mass is 9.72. The largest absolute Gasteiger partial charge is 0.358 e. The van der Waals surface area contributed by atoms with Gasteiger partial charge in [-0.15, -0.1) is 0 Å². The van der Waals surface area contributed by atoms with Crippen LogP contribution in [0.3, 0.4) is 0 Å². The Balaban J connectivity index is 1.55. The van der Waals surface area contributed by atoms with Gasteiger partial charge in [0.2, 0.25) is 0 Å². The fraction of sp³-hybridized carbons (Fsp3) is 0.231. The average molecular weight is 421 g/mol. The Hall–Kier alpha value is -3.80. The Kier molecular flexibility index (Phi) is 3.42. The molecule has 32 heavy (non-hydrogen) atoms. The summed E-state index contributed by atoms with van der Waals surface area (Å²) < 4.78 is 0. The zero-order valence-electron chi connectivity index (χ0n) is 18.1. The molecule has 0 amide bonds. The van der Waals surface area contributed by atoms with E-state index < -0.39 is 0 Å². The number of fused-ring (bicyclic) bond motifs is 12. The second kappa shape index (κ2) is 6.13. The van der Waals surface area contributed by atoms with Crippen LogP contribution >= 0.6 is 0 Å². The predicted octanol–water partition coefficient (Wildman–Crippen LogP) is 4.38. The summed E-state index contributed by atoms with van der Waals surface area (Å²) in [5, 5.41) is 0. The molecule has 0 N–H and O–H groups in total. The highest BCUT2D eigenvalue weighted by atomic mass is 15.5. The van der Waals surface area contributed by atoms with E-state index in [4.69, 9.17) is 6.58 Å². The van der Waals surface area contributed by atoms with Gasteiger partial charge in [-0.2, -0.15) is 0 Å². The molecule has 4 aliphatic heterocycles. The van der Waals surface area contributed by atoms with Crippen LogP contribution in [-0.2, 0) is 0 Å². The van der Waals surface area contributed by atoms with Gasteiger partial charge in [0, 0.05) is 49.6 Å². The van der Waals surface area contributed by atoms with Crippen molar-refractivity contribution in [3.05, 3.63) is 91.2 Å². The minimum atomic E-state index is 0.0790. The normalized spacial score (nSPS) is 26.8. The molecule has 6 nitrogen and oxygen atoms in total. The number of nitrogens with zero attached hydrogens (tertiary/aromatic N) is 6. The summed E-state index contributed by atoms with van der Waals surface area (Å²) in [4.78, 5) is 18.6. The first-order valence-electron chi connectivity index (χ1n) is 11.0. The molecular weight excluding hydrogens is 396 g/mol. The fourth-order valence-electron chi connectivity index (χ4n) is 6.36. The van der Waals surface area contributed by atoms with Crippen LogP contribution in [0.2, 0.25) is 0 Å². The first-order valence-corrected chi connectivity index (χ1v) is 11.0. The summed E-state index contributed by atoms with van der Waals surface area (Å²) in [5.74, 6) is 1.38. The molecule has 0 fully saturated rings. The number of hydrogen-bond acceptors (Lipinski definition) is 6. The van der Waals surface area contributed by atoms with Crippen LogP contribution in [0.25, 0.3) is 5.57 Å². The van der Waals surface area contributed by atoms with Crippen molar-refractivity contribution in [2.24, 2.45) is 5.92 Å². The maximum Gasteiger partial charge on any atom is 0.157 e. The predicted molar refractivity (Wildman–Crippen MR) is 128 cm³/mol. The van der Waals surface area contributed by atoms with Gasteiger partial charge in [0.15, 0.2) is 5.82 Å². The van der Waals surface area contributed by atoms with E-state index in [1.54, 1.807) is 6.33 Å². The van der Waals surface area contributed by atoms with Crippen molar-refractivity contribution in [2.45, 2.75) is 18.2 Å². The molecule has 5 heterocycles. The van der Waals surface area contributed by atoms with Gasteiger partial charge in [0.1, 0.15) is 24.3 Å². The first kappa shape index (κ1) is 17.8. The Morgan fingerprint density at radius 3 is 2.53 bits per heavy atom. The third-order valence-corrected chi connectivity index (χ3v) is 7.60. The smallest absolute Gasteiger partial charge is 0.157 e. The Labute approximate surface area is 187 Å². The lowest BCUT2D eigenvalue weighted by Gasteiger charge is -2.50. The number of aromatic nitrogens is 2. The van der Waals surface area contributed by atoms with Crippen LogP contribution in [-0.4, -0.2) is 41.3 Å². The van der Waals surface area contributed by atoms with Gasteiger partial charge >= 0.3 is 0 Å². The molecule has 2 aromatic carbocycles. The van der Waals surface area contributed by atoms with Crippen molar-refractivity contribution in [3.8, 4) is 0 Å². The standard InChI is InChI=1S/C26H24N6/c1-16-17-8-4-7-11-20(17)32-21-14-27-15-28-24(21)30(3)26(32)23-22(16)18-9-5-6-10-19(18)31-13-12-29(2)25(23)31/h4-15,22-23,25-26H,1H2,2-3H3. The molecule has 0 aliphatic carbocycles. The van der Waals surface area contributed by atoms with E-state index >= 15 is 0 Å². The van der Waals surface area contributed by atoms with Gasteiger partial charge in [-0.3, -0.25) is 0 Å². The summed E-state index contributed by atoms with van der Waals surface area (Å²) in [6, 6.07) is 17.5. The average Bonchev–Trinajstić information content (AvgIpc) is 3.32. The second-order valence-electron chi connectivity index (χ2n) is 9.07. The van der Waals surface area contributed by atoms with Gasteiger partial charge in [-0.05, 0) is 23.3 Å². The lowest BCUT2D eigenvalue weighted by Crippen LogP contribution is -2.58. The maximum atomic E-state index is 4.71. The minimum Gasteiger partial charge on any atom is -0.358 e. The number of hydrogen-bond donors (Lipinski definition) is 0. The third-order valence-electron chi connectivity index (χ3n) is 7.60. The van der Waals surface area contributed by atoms with E-state index in [1.165, 1.54) is 28.1 Å². The molecule has 158 valence electrons. The van der Waals surface area contributed by atoms with E-state index in [0.717, 1.165) is 11.5 Å². The number of para-hydroxylation sites is 2. The molecule has 0 bridgehead atoms. The first-order chi connectivity index (χ1) is 15.7. The second-order valence-corrected chi connectivity index (χ2v) is 9.07. The molecule has 4 unspecified atom stereocenters. The van der Waals surface area contributed by atoms with Crippen molar-refractivity contribution < 1.29 is 0 Å². The zero-order chi connectivity index (χ0) is 21.6. The highest BCUT2D eigenvalue weighted by Crippen LogP contribution is 2.59. The van der Waals surface area contributed by atoms with Crippen molar-refractivity contribution in [2.75, 3.05) is 28.8 Å². The third kappa shape index (κ3) is 2.04. The quantitative estimate of drug-likeness (QED) is 0.537. The van der Waals surface area contributed by atoms with E-state index in [-0.39, 0.29) is 24.2 Å². The van der Waals surface area contributed by atoms with Crippen LogP contribution in [0.1, 0.15) is 17.0 Å². The Bertz CT molecular complexity index is 1300. The summed E-state index contributed by atoms with van der Waals surface area (Å²) in [6.07, 6.45) is 8.26. The van der Waals surface area contributed by atoms with Gasteiger partial charge in [0.25, 0.3) is 0 Å². The summed E-state index contributed by atoms with van der Waals surface area (Å²) >= 11 is 0. The highest BCUT2D eigenvalue weighted by Gasteiger charge is 2.55. The number of anilines is 4. The fourth-order valence-corrected chi connectivity index (χ4v) is 6.36. The van der Waals surface area contributed by atoms with Gasteiger partial charge in [-0.1, -0.05) is 43.0 Å². The van der Waals surface area contributed by atoms with Gasteiger partial charge in [-0.25, -0.2) is 9.97 Å². The van der Waals surface area contributed by atoms with Crippen molar-refractivity contribution >= 4 is 28.5 Å². The zero-order valence-corrected chi connectivity index (χ0v) is 18.1. The van der Waals surface area contributed by atoms with Crippen LogP contribution < -0.4 is 14.7 Å². The van der Waals surface area contributed by atoms with Crippen molar-refractivity contribution in [1.82, 2.24) is 14.9 Å². The molecule has 4 atom stereocenters. The minimum absolute atomic E-state index is 0.0790. The van der Waals surface area contributed by atoms with Crippen molar-refractivity contribution in [1.29, 1.82) is 0 Å². The number of allylic oxidation sites excluding steroid dienone is 1. The number of rotatable bonds is 0. The van der Waals surface area contributed by atoms with Crippen LogP contribution in [0, 0.1) is 5.92 Å². The van der Waals surface area contributed by atoms with E-state index in [9.17, 15) is 0 Å². The van der Waals surface area contributed by atoms with Crippen LogP contribution in [0.15, 0.2) is 80.0 Å². The lowest BCUT2D eigenvalue weighted by molar-refractivity contribution is 0.204. The summed E-state index contributed by atoms with van der Waals surface area (Å²) in [5.41, 5.74) is 7.22. The van der Waals surface area contributed by atoms with Gasteiger partial charge < -0.3 is 19.6 Å². The molecule has 1 aromatic heterocycles. The number of benzene rings is 2. The maximum absolute atomic E-state index is 4.71.